The molecule has 1 aromatic carbocycles. The third kappa shape index (κ3) is 2.77. The lowest BCUT2D eigenvalue weighted by molar-refractivity contribution is 0.0457. The van der Waals surface area contributed by atoms with Gasteiger partial charge in [0, 0.05) is 19.4 Å². The van der Waals surface area contributed by atoms with Gasteiger partial charge >= 0.3 is 0 Å². The van der Waals surface area contributed by atoms with Crippen LogP contribution in [0.3, 0.4) is 0 Å². The molecule has 0 saturated heterocycles. The first-order valence-corrected chi connectivity index (χ1v) is 9.30. The molecule has 1 aliphatic carbocycles. The van der Waals surface area contributed by atoms with Gasteiger partial charge in [-0.2, -0.15) is 4.68 Å². The van der Waals surface area contributed by atoms with Crippen molar-refractivity contribution < 1.29 is 4.74 Å². The van der Waals surface area contributed by atoms with Gasteiger partial charge in [-0.1, -0.05) is 30.0 Å². The van der Waals surface area contributed by atoms with Crippen molar-refractivity contribution in [2.75, 3.05) is 7.11 Å². The number of tetrazole rings is 1. The minimum Gasteiger partial charge on any atom is -0.381 e. The molecule has 1 aliphatic rings. The zero-order valence-corrected chi connectivity index (χ0v) is 15.7. The Morgan fingerprint density at radius 3 is 2.65 bits per heavy atom. The lowest BCUT2D eigenvalue weighted by Crippen LogP contribution is -2.32. The average molecular weight is 372 g/mol. The number of benzene rings is 1. The van der Waals surface area contributed by atoms with Gasteiger partial charge in [-0.3, -0.25) is 9.48 Å². The minimum atomic E-state index is -0.145. The predicted octanol–water partition coefficient (Wildman–Crippen LogP) is 1.73. The first-order valence-electron chi connectivity index (χ1n) is 8.42. The van der Waals surface area contributed by atoms with Gasteiger partial charge in [-0.15, -0.1) is 5.10 Å². The molecule has 0 unspecified atom stereocenters. The maximum Gasteiger partial charge on any atom is 0.297 e. The lowest BCUT2D eigenvalue weighted by atomic mass is 9.95. The Morgan fingerprint density at radius 1 is 1.23 bits per heavy atom. The first-order chi connectivity index (χ1) is 12.6. The Labute approximate surface area is 154 Å². The number of para-hydroxylation sites is 1. The van der Waals surface area contributed by atoms with E-state index in [9.17, 15) is 4.79 Å². The van der Waals surface area contributed by atoms with Crippen molar-refractivity contribution in [3.8, 4) is 11.4 Å². The van der Waals surface area contributed by atoms with Crippen molar-refractivity contribution in [3.05, 3.63) is 46.4 Å². The minimum absolute atomic E-state index is 0.145. The van der Waals surface area contributed by atoms with E-state index in [1.54, 1.807) is 28.2 Å². The molecule has 8 nitrogen and oxygen atoms in total. The molecule has 2 aromatic heterocycles. The van der Waals surface area contributed by atoms with Gasteiger partial charge in [-0.05, 0) is 42.3 Å². The van der Waals surface area contributed by atoms with E-state index in [1.165, 1.54) is 0 Å². The van der Waals surface area contributed by atoms with E-state index in [0.29, 0.717) is 22.2 Å². The van der Waals surface area contributed by atoms with Gasteiger partial charge in [0.2, 0.25) is 5.16 Å². The van der Waals surface area contributed by atoms with Gasteiger partial charge in [0.15, 0.2) is 5.69 Å². The number of rotatable bonds is 5. The molecule has 2 heterocycles. The van der Waals surface area contributed by atoms with Crippen LogP contribution in [0.5, 0.6) is 0 Å². The molecule has 4 rings (SSSR count). The fourth-order valence-corrected chi connectivity index (χ4v) is 4.38. The smallest absolute Gasteiger partial charge is 0.297 e. The van der Waals surface area contributed by atoms with E-state index in [-0.39, 0.29) is 5.56 Å². The number of nitrogens with zero attached hydrogens (tertiary/aromatic N) is 6. The largest absolute Gasteiger partial charge is 0.381 e. The molecule has 0 N–H and O–H groups in total. The highest BCUT2D eigenvalue weighted by Crippen LogP contribution is 2.37. The molecule has 0 atom stereocenters. The average Bonchev–Trinajstić information content (AvgIpc) is 3.14. The normalized spacial score (nSPS) is 19.5. The van der Waals surface area contributed by atoms with E-state index in [1.807, 2.05) is 49.0 Å². The Hall–Kier alpha value is -2.39. The maximum atomic E-state index is 13.1. The summed E-state index contributed by atoms with van der Waals surface area (Å²) in [6.07, 6.45) is 2.25. The summed E-state index contributed by atoms with van der Waals surface area (Å²) in [7, 11) is 3.59. The zero-order valence-electron chi connectivity index (χ0n) is 14.9. The number of aromatic nitrogens is 6. The summed E-state index contributed by atoms with van der Waals surface area (Å²) in [5.74, 6) is 0. The molecule has 1 fully saturated rings. The van der Waals surface area contributed by atoms with Crippen LogP contribution in [0.25, 0.3) is 11.4 Å². The second-order valence-corrected chi connectivity index (χ2v) is 7.62. The molecule has 9 heteroatoms. The van der Waals surface area contributed by atoms with Crippen LogP contribution in [-0.2, 0) is 11.8 Å². The number of hydrogen-bond donors (Lipinski definition) is 0. The summed E-state index contributed by atoms with van der Waals surface area (Å²) in [4.78, 5) is 13.1. The Morgan fingerprint density at radius 2 is 1.96 bits per heavy atom. The van der Waals surface area contributed by atoms with Gasteiger partial charge in [0.25, 0.3) is 5.56 Å². The topological polar surface area (TPSA) is 79.8 Å². The molecule has 26 heavy (non-hydrogen) atoms. The van der Waals surface area contributed by atoms with Crippen LogP contribution >= 0.6 is 11.8 Å². The van der Waals surface area contributed by atoms with E-state index < -0.39 is 0 Å². The van der Waals surface area contributed by atoms with Crippen LogP contribution in [0.15, 0.2) is 40.3 Å². The molecular weight excluding hydrogens is 352 g/mol. The summed E-state index contributed by atoms with van der Waals surface area (Å²) in [5.41, 5.74) is 1.94. The third-order valence-corrected chi connectivity index (χ3v) is 6.02. The Bertz CT molecular complexity index is 971. The molecule has 0 bridgehead atoms. The summed E-state index contributed by atoms with van der Waals surface area (Å²) >= 11 is 1.60. The highest BCUT2D eigenvalue weighted by molar-refractivity contribution is 7.99. The van der Waals surface area contributed by atoms with Gasteiger partial charge < -0.3 is 4.74 Å². The van der Waals surface area contributed by atoms with Crippen LogP contribution in [0.1, 0.15) is 18.5 Å². The van der Waals surface area contributed by atoms with E-state index in [2.05, 4.69) is 15.5 Å². The van der Waals surface area contributed by atoms with Crippen molar-refractivity contribution in [1.82, 2.24) is 29.6 Å². The Kier molecular flexibility index (Phi) is 4.41. The molecule has 0 spiro atoms. The second-order valence-electron chi connectivity index (χ2n) is 6.35. The highest BCUT2D eigenvalue weighted by Gasteiger charge is 2.32. The number of ether oxygens (including phenoxy) is 1. The van der Waals surface area contributed by atoms with E-state index in [0.717, 1.165) is 24.2 Å². The fraction of sp³-hybridized carbons (Fsp3) is 0.412. The predicted molar refractivity (Wildman–Crippen MR) is 98.1 cm³/mol. The monoisotopic (exact) mass is 372 g/mol. The van der Waals surface area contributed by atoms with Crippen LogP contribution in [0, 0.1) is 6.92 Å². The SMILES string of the molecule is COC1CC(Sc2nnnn2-c2c(C)n(C)n(-c3ccccc3)c2=O)C1. The van der Waals surface area contributed by atoms with Crippen molar-refractivity contribution >= 4 is 11.8 Å². The van der Waals surface area contributed by atoms with Crippen molar-refractivity contribution in [1.29, 1.82) is 0 Å². The highest BCUT2D eigenvalue weighted by atomic mass is 32.2. The van der Waals surface area contributed by atoms with Gasteiger partial charge in [0.05, 0.1) is 17.5 Å². The van der Waals surface area contributed by atoms with E-state index in [4.69, 9.17) is 4.74 Å². The lowest BCUT2D eigenvalue weighted by Gasteiger charge is -2.32. The number of methoxy groups -OCH3 is 1. The molecule has 0 radical (unpaired) electrons. The summed E-state index contributed by atoms with van der Waals surface area (Å²) in [5, 5.41) is 13.0. The fourth-order valence-electron chi connectivity index (χ4n) is 3.15. The summed E-state index contributed by atoms with van der Waals surface area (Å²) in [6.45, 7) is 1.90. The molecule has 0 amide bonds. The van der Waals surface area contributed by atoms with Crippen molar-refractivity contribution in [2.24, 2.45) is 7.05 Å². The zero-order chi connectivity index (χ0) is 18.3. The summed E-state index contributed by atoms with van der Waals surface area (Å²) in [6, 6.07) is 9.54. The molecule has 0 aliphatic heterocycles. The molecule has 136 valence electrons. The Balaban J connectivity index is 1.72. The van der Waals surface area contributed by atoms with Gasteiger partial charge in [0.1, 0.15) is 0 Å². The van der Waals surface area contributed by atoms with Crippen LogP contribution in [-0.4, -0.2) is 48.0 Å². The molecular formula is C17H20N6O2S. The summed E-state index contributed by atoms with van der Waals surface area (Å²) < 4.78 is 10.3. The molecule has 3 aromatic rings. The van der Waals surface area contributed by atoms with Crippen LogP contribution < -0.4 is 5.56 Å². The maximum absolute atomic E-state index is 13.1. The van der Waals surface area contributed by atoms with Gasteiger partial charge in [-0.25, -0.2) is 4.68 Å². The molecule has 1 saturated carbocycles. The first kappa shape index (κ1) is 17.0. The standard InChI is InChI=1S/C17H20N6O2S/c1-11-15(16(24)23(21(11)2)12-7-5-4-6-8-12)22-17(18-19-20-22)26-14-9-13(10-14)25-3/h4-8,13-14H,9-10H2,1-3H3. The second kappa shape index (κ2) is 6.73. The number of thioether (sulfide) groups is 1. The third-order valence-electron chi connectivity index (χ3n) is 4.83. The van der Waals surface area contributed by atoms with E-state index >= 15 is 0 Å². The van der Waals surface area contributed by atoms with Crippen LogP contribution in [0.2, 0.25) is 0 Å². The number of hydrogen-bond acceptors (Lipinski definition) is 6. The van der Waals surface area contributed by atoms with Crippen molar-refractivity contribution in [3.63, 3.8) is 0 Å². The quantitative estimate of drug-likeness (QED) is 0.679. The van der Waals surface area contributed by atoms with Crippen LogP contribution in [0.4, 0.5) is 0 Å². The van der Waals surface area contributed by atoms with Crippen molar-refractivity contribution in [2.45, 2.75) is 36.3 Å².